The van der Waals surface area contributed by atoms with E-state index in [2.05, 4.69) is 24.1 Å². The summed E-state index contributed by atoms with van der Waals surface area (Å²) in [7, 11) is 0. The van der Waals surface area contributed by atoms with Gasteiger partial charge in [0.1, 0.15) is 0 Å². The number of rotatable bonds is 2. The van der Waals surface area contributed by atoms with Gasteiger partial charge in [-0.1, -0.05) is 13.8 Å². The molecule has 2 rings (SSSR count). The molecule has 0 aromatic carbocycles. The molecule has 1 aromatic heterocycles. The van der Waals surface area contributed by atoms with E-state index in [1.165, 1.54) is 0 Å². The lowest BCUT2D eigenvalue weighted by molar-refractivity contribution is 0.1000. The van der Waals surface area contributed by atoms with Gasteiger partial charge >= 0.3 is 0 Å². The summed E-state index contributed by atoms with van der Waals surface area (Å²) in [6, 6.07) is 2.13. The number of hydrogen-bond donors (Lipinski definition) is 2. The molecule has 1 amide bonds. The van der Waals surface area contributed by atoms with E-state index >= 15 is 0 Å². The van der Waals surface area contributed by atoms with Crippen molar-refractivity contribution < 1.29 is 4.79 Å². The van der Waals surface area contributed by atoms with E-state index in [4.69, 9.17) is 5.73 Å². The number of hydrogen-bond acceptors (Lipinski definition) is 3. The van der Waals surface area contributed by atoms with Crippen LogP contribution in [0.1, 0.15) is 41.5 Å². The van der Waals surface area contributed by atoms with Crippen molar-refractivity contribution in [2.75, 3.05) is 0 Å². The highest BCUT2D eigenvalue weighted by atomic mass is 16.1. The Labute approximate surface area is 88.9 Å². The second kappa shape index (κ2) is 3.62. The third-order valence-electron chi connectivity index (χ3n) is 2.76. The molecule has 0 bridgehead atoms. The zero-order valence-electron chi connectivity index (χ0n) is 8.95. The molecule has 1 aliphatic heterocycles. The van der Waals surface area contributed by atoms with Crippen LogP contribution in [0, 0.1) is 5.92 Å². The molecule has 3 N–H and O–H groups in total. The minimum absolute atomic E-state index is 0.293. The van der Waals surface area contributed by atoms with Gasteiger partial charge in [-0.3, -0.25) is 9.78 Å². The van der Waals surface area contributed by atoms with E-state index in [0.717, 1.165) is 17.8 Å². The summed E-state index contributed by atoms with van der Waals surface area (Å²) >= 11 is 0. The first-order chi connectivity index (χ1) is 7.09. The van der Waals surface area contributed by atoms with E-state index < -0.39 is 5.91 Å². The van der Waals surface area contributed by atoms with Crippen LogP contribution in [0.15, 0.2) is 12.3 Å². The zero-order valence-corrected chi connectivity index (χ0v) is 8.95. The number of amides is 1. The molecule has 1 atom stereocenters. The van der Waals surface area contributed by atoms with Gasteiger partial charge in [0.2, 0.25) is 5.91 Å². The molecule has 1 aliphatic rings. The second-order valence-electron chi connectivity index (χ2n) is 4.24. The minimum Gasteiger partial charge on any atom is -0.366 e. The van der Waals surface area contributed by atoms with E-state index in [-0.39, 0.29) is 0 Å². The van der Waals surface area contributed by atoms with Gasteiger partial charge in [-0.05, 0) is 17.5 Å². The highest BCUT2D eigenvalue weighted by Crippen LogP contribution is 2.29. The number of nitrogens with two attached hydrogens (primary N) is 1. The van der Waals surface area contributed by atoms with Gasteiger partial charge in [-0.15, -0.1) is 0 Å². The fourth-order valence-corrected chi connectivity index (χ4v) is 1.95. The SMILES string of the molecule is CC(C)[C@@H]1NCc2cc(C(N)=O)cnc21. The Kier molecular flexibility index (Phi) is 2.44. The van der Waals surface area contributed by atoms with Crippen molar-refractivity contribution in [1.82, 2.24) is 10.3 Å². The maximum absolute atomic E-state index is 11.0. The molecule has 4 nitrogen and oxygen atoms in total. The van der Waals surface area contributed by atoms with Crippen molar-refractivity contribution in [2.24, 2.45) is 11.7 Å². The van der Waals surface area contributed by atoms with Gasteiger partial charge < -0.3 is 11.1 Å². The average molecular weight is 205 g/mol. The Hall–Kier alpha value is -1.42. The predicted octanol–water partition coefficient (Wildman–Crippen LogP) is 0.981. The first-order valence-electron chi connectivity index (χ1n) is 5.11. The normalized spacial score (nSPS) is 19.3. The van der Waals surface area contributed by atoms with Gasteiger partial charge in [0.25, 0.3) is 0 Å². The van der Waals surface area contributed by atoms with E-state index in [0.29, 0.717) is 17.5 Å². The highest BCUT2D eigenvalue weighted by molar-refractivity contribution is 5.92. The molecule has 15 heavy (non-hydrogen) atoms. The molecule has 0 saturated carbocycles. The van der Waals surface area contributed by atoms with Gasteiger partial charge in [0.05, 0.1) is 17.3 Å². The summed E-state index contributed by atoms with van der Waals surface area (Å²) in [5.41, 5.74) is 7.83. The van der Waals surface area contributed by atoms with Crippen molar-refractivity contribution in [3.63, 3.8) is 0 Å². The quantitative estimate of drug-likeness (QED) is 0.756. The Morgan fingerprint density at radius 3 is 3.00 bits per heavy atom. The fraction of sp³-hybridized carbons (Fsp3) is 0.455. The van der Waals surface area contributed by atoms with Crippen molar-refractivity contribution in [3.05, 3.63) is 29.1 Å². The second-order valence-corrected chi connectivity index (χ2v) is 4.24. The standard InChI is InChI=1S/C11H15N3O/c1-6(2)9-10-7(4-13-9)3-8(5-14-10)11(12)15/h3,5-6,9,13H,4H2,1-2H3,(H2,12,15)/t9-/m0/s1. The smallest absolute Gasteiger partial charge is 0.250 e. The number of primary amides is 1. The van der Waals surface area contributed by atoms with Crippen molar-refractivity contribution in [3.8, 4) is 0 Å². The number of carbonyl (C=O) groups excluding carboxylic acids is 1. The van der Waals surface area contributed by atoms with E-state index in [1.807, 2.05) is 6.07 Å². The lowest BCUT2D eigenvalue weighted by atomic mass is 10.0. The van der Waals surface area contributed by atoms with Crippen LogP contribution in [0.5, 0.6) is 0 Å². The van der Waals surface area contributed by atoms with Crippen molar-refractivity contribution >= 4 is 5.91 Å². The number of nitrogens with one attached hydrogen (secondary N) is 1. The molecule has 1 aromatic rings. The molecule has 0 aliphatic carbocycles. The zero-order chi connectivity index (χ0) is 11.0. The summed E-state index contributed by atoms with van der Waals surface area (Å²) < 4.78 is 0. The Balaban J connectivity index is 2.37. The molecule has 0 spiro atoms. The van der Waals surface area contributed by atoms with Crippen LogP contribution in [0.25, 0.3) is 0 Å². The number of fused-ring (bicyclic) bond motifs is 1. The van der Waals surface area contributed by atoms with Crippen LogP contribution in [-0.4, -0.2) is 10.9 Å². The maximum Gasteiger partial charge on any atom is 0.250 e. The van der Waals surface area contributed by atoms with Crippen molar-refractivity contribution in [2.45, 2.75) is 26.4 Å². The van der Waals surface area contributed by atoms with Crippen LogP contribution in [0.2, 0.25) is 0 Å². The number of pyridine rings is 1. The maximum atomic E-state index is 11.0. The van der Waals surface area contributed by atoms with Crippen LogP contribution < -0.4 is 11.1 Å². The molecule has 0 fully saturated rings. The molecule has 0 radical (unpaired) electrons. The third kappa shape index (κ3) is 1.72. The van der Waals surface area contributed by atoms with Crippen LogP contribution >= 0.6 is 0 Å². The summed E-state index contributed by atoms with van der Waals surface area (Å²) in [5.74, 6) is 0.0801. The predicted molar refractivity (Wildman–Crippen MR) is 57.2 cm³/mol. The molecule has 0 saturated heterocycles. The van der Waals surface area contributed by atoms with Gasteiger partial charge in [0, 0.05) is 12.7 Å². The van der Waals surface area contributed by atoms with E-state index in [9.17, 15) is 4.79 Å². The first-order valence-corrected chi connectivity index (χ1v) is 5.11. The topological polar surface area (TPSA) is 68.0 Å². The number of carbonyl (C=O) groups is 1. The Morgan fingerprint density at radius 2 is 2.40 bits per heavy atom. The summed E-state index contributed by atoms with van der Waals surface area (Å²) in [6.45, 7) is 5.07. The lowest BCUT2D eigenvalue weighted by Crippen LogP contribution is -2.18. The number of nitrogens with zero attached hydrogens (tertiary/aromatic N) is 1. The van der Waals surface area contributed by atoms with Gasteiger partial charge in [0.15, 0.2) is 0 Å². The molecule has 80 valence electrons. The Morgan fingerprint density at radius 1 is 1.67 bits per heavy atom. The molecular formula is C11H15N3O. The molecule has 2 heterocycles. The first kappa shape index (κ1) is 10.1. The van der Waals surface area contributed by atoms with E-state index in [1.54, 1.807) is 6.20 Å². The summed E-state index contributed by atoms with van der Waals surface area (Å²) in [6.07, 6.45) is 1.56. The molecular weight excluding hydrogens is 190 g/mol. The average Bonchev–Trinajstić information content (AvgIpc) is 2.59. The minimum atomic E-state index is -0.418. The van der Waals surface area contributed by atoms with Gasteiger partial charge in [-0.25, -0.2) is 0 Å². The molecule has 0 unspecified atom stereocenters. The fourth-order valence-electron chi connectivity index (χ4n) is 1.95. The lowest BCUT2D eigenvalue weighted by Gasteiger charge is -2.14. The van der Waals surface area contributed by atoms with Crippen molar-refractivity contribution in [1.29, 1.82) is 0 Å². The Bertz CT molecular complexity index is 401. The third-order valence-corrected chi connectivity index (χ3v) is 2.76. The van der Waals surface area contributed by atoms with Crippen LogP contribution in [0.4, 0.5) is 0 Å². The summed E-state index contributed by atoms with van der Waals surface area (Å²) in [5, 5.41) is 3.37. The monoisotopic (exact) mass is 205 g/mol. The van der Waals surface area contributed by atoms with Crippen LogP contribution in [-0.2, 0) is 6.54 Å². The largest absolute Gasteiger partial charge is 0.366 e. The van der Waals surface area contributed by atoms with Crippen LogP contribution in [0.3, 0.4) is 0 Å². The van der Waals surface area contributed by atoms with Gasteiger partial charge in [-0.2, -0.15) is 0 Å². The highest BCUT2D eigenvalue weighted by Gasteiger charge is 2.26. The molecule has 4 heteroatoms. The summed E-state index contributed by atoms with van der Waals surface area (Å²) in [4.78, 5) is 15.3. The number of aromatic nitrogens is 1.